The molecule has 5 rings (SSSR count). The molecule has 5 aromatic rings. The van der Waals surface area contributed by atoms with Crippen LogP contribution in [0, 0.1) is 12.7 Å². The Morgan fingerprint density at radius 1 is 1.17 bits per heavy atom. The summed E-state index contributed by atoms with van der Waals surface area (Å²) in [6.07, 6.45) is 0. The maximum Gasteiger partial charge on any atom is 0.277 e. The Kier molecular flexibility index (Phi) is 2.52. The summed E-state index contributed by atoms with van der Waals surface area (Å²) in [6.45, 7) is 2.01. The van der Waals surface area contributed by atoms with Crippen molar-refractivity contribution in [3.63, 3.8) is 0 Å². The van der Waals surface area contributed by atoms with E-state index in [0.29, 0.717) is 21.4 Å². The first-order chi connectivity index (χ1) is 11.6. The molecule has 4 nitrogen and oxygen atoms in total. The van der Waals surface area contributed by atoms with Gasteiger partial charge in [0.2, 0.25) is 5.78 Å². The molecule has 0 aliphatic carbocycles. The number of aryl methyl sites for hydroxylation is 2. The molecule has 0 fully saturated rings. The lowest BCUT2D eigenvalue weighted by atomic mass is 10.2. The summed E-state index contributed by atoms with van der Waals surface area (Å²) in [5.41, 5.74) is 3.16. The van der Waals surface area contributed by atoms with E-state index in [4.69, 9.17) is 0 Å². The normalized spacial score (nSPS) is 12.1. The van der Waals surface area contributed by atoms with E-state index in [1.165, 1.54) is 17.4 Å². The van der Waals surface area contributed by atoms with E-state index in [1.807, 2.05) is 42.8 Å². The summed E-state index contributed by atoms with van der Waals surface area (Å²) < 4.78 is 19.0. The molecular formula is C18H12FN3OS. The van der Waals surface area contributed by atoms with Crippen LogP contribution in [0.5, 0.6) is 0 Å². The number of halogens is 1. The molecule has 0 aliphatic rings. The van der Waals surface area contributed by atoms with E-state index in [2.05, 4.69) is 4.98 Å². The first-order valence-electron chi connectivity index (χ1n) is 7.55. The third kappa shape index (κ3) is 1.56. The van der Waals surface area contributed by atoms with E-state index in [9.17, 15) is 9.18 Å². The highest BCUT2D eigenvalue weighted by molar-refractivity contribution is 7.25. The number of imidazole rings is 1. The summed E-state index contributed by atoms with van der Waals surface area (Å²) in [7, 11) is 1.88. The molecule has 6 heteroatoms. The van der Waals surface area contributed by atoms with Gasteiger partial charge in [-0.1, -0.05) is 12.1 Å². The standard InChI is InChI=1S/C18H12FN3OS/c1-9-6-7-11-12(8-9)21(2)18-20-15-14-10(19)4-3-5-13(14)24-16(15)17(23)22(11)18/h3-8H,1-2H3. The van der Waals surface area contributed by atoms with Crippen LogP contribution in [0.4, 0.5) is 4.39 Å². The van der Waals surface area contributed by atoms with E-state index in [0.717, 1.165) is 21.3 Å². The number of fused-ring (bicyclic) bond motifs is 6. The zero-order chi connectivity index (χ0) is 16.6. The van der Waals surface area contributed by atoms with Crippen molar-refractivity contribution in [1.82, 2.24) is 14.0 Å². The van der Waals surface area contributed by atoms with Crippen LogP contribution in [0.25, 0.3) is 37.1 Å². The molecule has 2 aromatic carbocycles. The number of nitrogens with zero attached hydrogens (tertiary/aromatic N) is 3. The van der Waals surface area contributed by atoms with Crippen molar-refractivity contribution < 1.29 is 4.39 Å². The monoisotopic (exact) mass is 337 g/mol. The second-order valence-corrected chi connectivity index (χ2v) is 7.05. The van der Waals surface area contributed by atoms with Crippen LogP contribution in [-0.2, 0) is 7.05 Å². The molecule has 0 atom stereocenters. The zero-order valence-electron chi connectivity index (χ0n) is 13.0. The molecular weight excluding hydrogens is 325 g/mol. The largest absolute Gasteiger partial charge is 0.313 e. The van der Waals surface area contributed by atoms with Gasteiger partial charge in [-0.25, -0.2) is 13.8 Å². The third-order valence-corrected chi connectivity index (χ3v) is 5.61. The SMILES string of the molecule is Cc1ccc2c(c1)n(C)c1nc3c(sc4cccc(F)c43)c(=O)n21. The summed E-state index contributed by atoms with van der Waals surface area (Å²) in [5, 5.41) is 0.429. The van der Waals surface area contributed by atoms with Crippen molar-refractivity contribution in [3.8, 4) is 0 Å². The van der Waals surface area contributed by atoms with Crippen molar-refractivity contribution in [2.75, 3.05) is 0 Å². The molecule has 0 aliphatic heterocycles. The average Bonchev–Trinajstić information content (AvgIpc) is 3.06. The summed E-state index contributed by atoms with van der Waals surface area (Å²) in [6, 6.07) is 10.8. The first kappa shape index (κ1) is 13.7. The molecule has 3 aromatic heterocycles. The van der Waals surface area contributed by atoms with Gasteiger partial charge in [-0.15, -0.1) is 11.3 Å². The van der Waals surface area contributed by atoms with Gasteiger partial charge in [-0.3, -0.25) is 4.79 Å². The molecule has 0 amide bonds. The van der Waals surface area contributed by atoms with Gasteiger partial charge in [0.25, 0.3) is 5.56 Å². The molecule has 0 bridgehead atoms. The van der Waals surface area contributed by atoms with Gasteiger partial charge in [0.05, 0.1) is 16.4 Å². The molecule has 0 spiro atoms. The summed E-state index contributed by atoms with van der Waals surface area (Å²) >= 11 is 1.29. The van der Waals surface area contributed by atoms with E-state index >= 15 is 0 Å². The Balaban J connectivity index is 2.12. The number of thiophene rings is 1. The van der Waals surface area contributed by atoms with Gasteiger partial charge < -0.3 is 4.57 Å². The van der Waals surface area contributed by atoms with Crippen molar-refractivity contribution in [3.05, 3.63) is 58.1 Å². The minimum atomic E-state index is -0.343. The second-order valence-electron chi connectivity index (χ2n) is 6.00. The highest BCUT2D eigenvalue weighted by Crippen LogP contribution is 2.33. The van der Waals surface area contributed by atoms with E-state index in [-0.39, 0.29) is 11.4 Å². The minimum absolute atomic E-state index is 0.148. The van der Waals surface area contributed by atoms with Crippen LogP contribution in [0.2, 0.25) is 0 Å². The fourth-order valence-electron chi connectivity index (χ4n) is 3.33. The molecule has 118 valence electrons. The third-order valence-electron chi connectivity index (χ3n) is 4.48. The highest BCUT2D eigenvalue weighted by atomic mass is 32.1. The van der Waals surface area contributed by atoms with Crippen LogP contribution in [0.1, 0.15) is 5.56 Å². The average molecular weight is 337 g/mol. The quantitative estimate of drug-likeness (QED) is 0.428. The molecule has 24 heavy (non-hydrogen) atoms. The van der Waals surface area contributed by atoms with Crippen LogP contribution in [0.15, 0.2) is 41.2 Å². The Morgan fingerprint density at radius 3 is 2.83 bits per heavy atom. The number of rotatable bonds is 0. The highest BCUT2D eigenvalue weighted by Gasteiger charge is 2.19. The van der Waals surface area contributed by atoms with Crippen LogP contribution >= 0.6 is 11.3 Å². The fourth-order valence-corrected chi connectivity index (χ4v) is 4.41. The van der Waals surface area contributed by atoms with E-state index in [1.54, 1.807) is 10.5 Å². The smallest absolute Gasteiger partial charge is 0.277 e. The minimum Gasteiger partial charge on any atom is -0.313 e. The molecule has 0 radical (unpaired) electrons. The van der Waals surface area contributed by atoms with Gasteiger partial charge in [-0.2, -0.15) is 0 Å². The zero-order valence-corrected chi connectivity index (χ0v) is 13.8. The molecule has 0 saturated carbocycles. The van der Waals surface area contributed by atoms with Gasteiger partial charge in [0, 0.05) is 11.7 Å². The Labute approximate surface area is 139 Å². The van der Waals surface area contributed by atoms with Gasteiger partial charge in [0.1, 0.15) is 16.0 Å². The first-order valence-corrected chi connectivity index (χ1v) is 8.36. The number of hydrogen-bond acceptors (Lipinski definition) is 3. The van der Waals surface area contributed by atoms with Gasteiger partial charge >= 0.3 is 0 Å². The Morgan fingerprint density at radius 2 is 2.00 bits per heavy atom. The maximum atomic E-state index is 14.3. The van der Waals surface area contributed by atoms with Crippen molar-refractivity contribution in [2.24, 2.45) is 7.05 Å². The predicted molar refractivity (Wildman–Crippen MR) is 95.5 cm³/mol. The lowest BCUT2D eigenvalue weighted by molar-refractivity contribution is 0.640. The predicted octanol–water partition coefficient (Wildman–Crippen LogP) is 4.00. The lowest BCUT2D eigenvalue weighted by Crippen LogP contribution is -2.13. The Hall–Kier alpha value is -2.73. The van der Waals surface area contributed by atoms with E-state index < -0.39 is 0 Å². The maximum absolute atomic E-state index is 14.3. The van der Waals surface area contributed by atoms with Crippen molar-refractivity contribution >= 4 is 48.5 Å². The number of benzene rings is 2. The topological polar surface area (TPSA) is 39.3 Å². The second kappa shape index (κ2) is 4.42. The number of aromatic nitrogens is 3. The fraction of sp³-hybridized carbons (Fsp3) is 0.111. The van der Waals surface area contributed by atoms with Crippen LogP contribution < -0.4 is 5.56 Å². The van der Waals surface area contributed by atoms with Crippen molar-refractivity contribution in [2.45, 2.75) is 6.92 Å². The molecule has 3 heterocycles. The summed E-state index contributed by atoms with van der Waals surface area (Å²) in [5.74, 6) is 0.181. The van der Waals surface area contributed by atoms with Crippen LogP contribution in [-0.4, -0.2) is 14.0 Å². The van der Waals surface area contributed by atoms with Gasteiger partial charge in [-0.05, 0) is 36.8 Å². The number of hydrogen-bond donors (Lipinski definition) is 0. The summed E-state index contributed by atoms with van der Waals surface area (Å²) in [4.78, 5) is 17.7. The molecule has 0 saturated heterocycles. The van der Waals surface area contributed by atoms with Crippen LogP contribution in [0.3, 0.4) is 0 Å². The molecule has 0 unspecified atom stereocenters. The lowest BCUT2D eigenvalue weighted by Gasteiger charge is -1.98. The molecule has 0 N–H and O–H groups in total. The Bertz CT molecular complexity index is 1360. The van der Waals surface area contributed by atoms with Crippen molar-refractivity contribution in [1.29, 1.82) is 0 Å². The van der Waals surface area contributed by atoms with Gasteiger partial charge in [0.15, 0.2) is 0 Å².